The normalized spacial score (nSPS) is 41.6. The molecule has 4 aliphatic rings. The second kappa shape index (κ2) is 4.60. The van der Waals surface area contributed by atoms with E-state index in [4.69, 9.17) is 0 Å². The molecule has 0 aromatic carbocycles. The van der Waals surface area contributed by atoms with E-state index in [0.29, 0.717) is 5.41 Å². The summed E-state index contributed by atoms with van der Waals surface area (Å²) in [5.41, 5.74) is 1.72. The molecule has 1 nitrogen and oxygen atoms in total. The van der Waals surface area contributed by atoms with Gasteiger partial charge in [0.25, 0.3) is 0 Å². The summed E-state index contributed by atoms with van der Waals surface area (Å²) in [5.74, 6) is 2.84. The van der Waals surface area contributed by atoms with Gasteiger partial charge in [-0.2, -0.15) is 11.3 Å². The smallest absolute Gasteiger partial charge is 0.0599 e. The van der Waals surface area contributed by atoms with Gasteiger partial charge in [-0.3, -0.25) is 0 Å². The highest BCUT2D eigenvalue weighted by Gasteiger charge is 2.53. The van der Waals surface area contributed by atoms with Gasteiger partial charge in [-0.1, -0.05) is 0 Å². The molecule has 1 heterocycles. The summed E-state index contributed by atoms with van der Waals surface area (Å²) in [5, 5.41) is 15.2. The van der Waals surface area contributed by atoms with E-state index in [2.05, 4.69) is 16.8 Å². The number of thiophene rings is 1. The Labute approximate surface area is 120 Å². The zero-order valence-electron chi connectivity index (χ0n) is 11.6. The van der Waals surface area contributed by atoms with Gasteiger partial charge in [-0.15, -0.1) is 0 Å². The van der Waals surface area contributed by atoms with Crippen molar-refractivity contribution in [3.63, 3.8) is 0 Å². The Bertz CT molecular complexity index is 401. The van der Waals surface area contributed by atoms with Crippen molar-refractivity contribution in [3.8, 4) is 0 Å². The molecule has 5 rings (SSSR count). The maximum atomic E-state index is 10.8. The molecule has 19 heavy (non-hydrogen) atoms. The van der Waals surface area contributed by atoms with Crippen molar-refractivity contribution in [1.82, 2.24) is 0 Å². The molecule has 0 amide bonds. The zero-order valence-corrected chi connectivity index (χ0v) is 12.4. The summed E-state index contributed by atoms with van der Waals surface area (Å²) in [6, 6.07) is 2.21. The fraction of sp³-hybridized carbons (Fsp3) is 0.765. The van der Waals surface area contributed by atoms with Crippen LogP contribution >= 0.6 is 11.3 Å². The topological polar surface area (TPSA) is 20.2 Å². The third-order valence-electron chi connectivity index (χ3n) is 6.08. The van der Waals surface area contributed by atoms with Crippen LogP contribution in [0.3, 0.4) is 0 Å². The molecule has 2 heteroatoms. The Balaban J connectivity index is 1.45. The van der Waals surface area contributed by atoms with Crippen LogP contribution in [0.1, 0.15) is 50.5 Å². The molecule has 104 valence electrons. The number of hydrogen-bond donors (Lipinski definition) is 1. The van der Waals surface area contributed by atoms with E-state index in [9.17, 15) is 5.11 Å². The number of hydrogen-bond acceptors (Lipinski definition) is 2. The van der Waals surface area contributed by atoms with Gasteiger partial charge in [0, 0.05) is 0 Å². The van der Waals surface area contributed by atoms with Crippen LogP contribution in [0, 0.1) is 23.2 Å². The van der Waals surface area contributed by atoms with Crippen molar-refractivity contribution in [3.05, 3.63) is 22.4 Å². The largest absolute Gasteiger partial charge is 0.393 e. The lowest BCUT2D eigenvalue weighted by Gasteiger charge is -2.58. The lowest BCUT2D eigenvalue weighted by molar-refractivity contribution is -0.121. The SMILES string of the molecule is OC(CCc1ccsc1)C12CC3CC(CC(C3)C1)C2. The Hall–Kier alpha value is -0.340. The van der Waals surface area contributed by atoms with Crippen molar-refractivity contribution in [2.45, 2.75) is 57.5 Å². The van der Waals surface area contributed by atoms with Crippen molar-refractivity contribution < 1.29 is 5.11 Å². The molecule has 1 aromatic rings. The van der Waals surface area contributed by atoms with Gasteiger partial charge < -0.3 is 5.11 Å². The maximum Gasteiger partial charge on any atom is 0.0599 e. The van der Waals surface area contributed by atoms with Gasteiger partial charge in [0.1, 0.15) is 0 Å². The van der Waals surface area contributed by atoms with Crippen molar-refractivity contribution in [2.75, 3.05) is 0 Å². The van der Waals surface area contributed by atoms with Crippen molar-refractivity contribution in [1.29, 1.82) is 0 Å². The van der Waals surface area contributed by atoms with Gasteiger partial charge in [0.2, 0.25) is 0 Å². The lowest BCUT2D eigenvalue weighted by atomic mass is 9.48. The predicted molar refractivity (Wildman–Crippen MR) is 79.3 cm³/mol. The van der Waals surface area contributed by atoms with E-state index in [1.165, 1.54) is 44.1 Å². The van der Waals surface area contributed by atoms with Gasteiger partial charge in [-0.25, -0.2) is 0 Å². The van der Waals surface area contributed by atoms with E-state index in [1.807, 2.05) is 0 Å². The molecular formula is C17H24OS. The number of aliphatic hydroxyl groups excluding tert-OH is 1. The van der Waals surface area contributed by atoms with E-state index in [1.54, 1.807) is 11.3 Å². The third kappa shape index (κ3) is 2.17. The summed E-state index contributed by atoms with van der Waals surface area (Å²) < 4.78 is 0. The Morgan fingerprint density at radius 3 is 2.32 bits per heavy atom. The minimum atomic E-state index is -0.0548. The van der Waals surface area contributed by atoms with Crippen LogP contribution in [-0.2, 0) is 6.42 Å². The highest BCUT2D eigenvalue weighted by atomic mass is 32.1. The molecule has 0 saturated heterocycles. The van der Waals surface area contributed by atoms with Crippen LogP contribution < -0.4 is 0 Å². The van der Waals surface area contributed by atoms with Gasteiger partial charge in [0.05, 0.1) is 6.10 Å². The van der Waals surface area contributed by atoms with Crippen LogP contribution in [0.2, 0.25) is 0 Å². The molecule has 4 aliphatic carbocycles. The molecule has 0 aliphatic heterocycles. The molecule has 1 atom stereocenters. The maximum absolute atomic E-state index is 10.8. The lowest BCUT2D eigenvalue weighted by Crippen LogP contribution is -2.51. The average molecular weight is 276 g/mol. The van der Waals surface area contributed by atoms with Crippen LogP contribution in [0.15, 0.2) is 16.8 Å². The van der Waals surface area contributed by atoms with Crippen LogP contribution in [0.25, 0.3) is 0 Å². The summed E-state index contributed by atoms with van der Waals surface area (Å²) in [7, 11) is 0. The predicted octanol–water partition coefficient (Wildman–Crippen LogP) is 4.26. The second-order valence-electron chi connectivity index (χ2n) is 7.47. The zero-order chi connectivity index (χ0) is 12.9. The minimum Gasteiger partial charge on any atom is -0.393 e. The highest BCUT2D eigenvalue weighted by molar-refractivity contribution is 7.07. The van der Waals surface area contributed by atoms with E-state index < -0.39 is 0 Å². The highest BCUT2D eigenvalue weighted by Crippen LogP contribution is 2.61. The fourth-order valence-corrected chi connectivity index (χ4v) is 6.33. The van der Waals surface area contributed by atoms with Crippen molar-refractivity contribution >= 4 is 11.3 Å². The molecular weight excluding hydrogens is 252 g/mol. The summed E-state index contributed by atoms with van der Waals surface area (Å²) in [4.78, 5) is 0. The first-order valence-corrected chi connectivity index (χ1v) is 8.87. The fourth-order valence-electron chi connectivity index (χ4n) is 5.63. The number of rotatable bonds is 4. The van der Waals surface area contributed by atoms with E-state index >= 15 is 0 Å². The van der Waals surface area contributed by atoms with Gasteiger partial charge >= 0.3 is 0 Å². The number of aliphatic hydroxyl groups is 1. The first-order valence-electron chi connectivity index (χ1n) is 7.93. The molecule has 4 fully saturated rings. The van der Waals surface area contributed by atoms with E-state index in [0.717, 1.165) is 30.6 Å². The molecule has 1 aromatic heterocycles. The Kier molecular flexibility index (Phi) is 3.00. The summed E-state index contributed by atoms with van der Waals surface area (Å²) in [6.45, 7) is 0. The first kappa shape index (κ1) is 12.4. The average Bonchev–Trinajstić information content (AvgIpc) is 2.87. The van der Waals surface area contributed by atoms with Crippen LogP contribution in [0.5, 0.6) is 0 Å². The summed E-state index contributed by atoms with van der Waals surface area (Å²) in [6.07, 6.45) is 10.4. The summed E-state index contributed by atoms with van der Waals surface area (Å²) >= 11 is 1.77. The molecule has 0 spiro atoms. The quantitative estimate of drug-likeness (QED) is 0.871. The number of aryl methyl sites for hydroxylation is 1. The van der Waals surface area contributed by atoms with Crippen LogP contribution in [0.4, 0.5) is 0 Å². The molecule has 4 saturated carbocycles. The molecule has 4 bridgehead atoms. The first-order chi connectivity index (χ1) is 9.23. The Morgan fingerprint density at radius 2 is 1.79 bits per heavy atom. The van der Waals surface area contributed by atoms with Crippen LogP contribution in [-0.4, -0.2) is 11.2 Å². The van der Waals surface area contributed by atoms with Gasteiger partial charge in [-0.05, 0) is 96.9 Å². The molecule has 0 radical (unpaired) electrons. The van der Waals surface area contributed by atoms with E-state index in [-0.39, 0.29) is 6.10 Å². The standard InChI is InChI=1S/C17H24OS/c18-16(2-1-12-3-4-19-11-12)17-8-13-5-14(9-17)7-15(6-13)10-17/h3-4,11,13-16,18H,1-2,5-10H2. The van der Waals surface area contributed by atoms with Gasteiger partial charge in [0.15, 0.2) is 0 Å². The second-order valence-corrected chi connectivity index (χ2v) is 8.25. The molecule has 1 N–H and O–H groups in total. The third-order valence-corrected chi connectivity index (χ3v) is 6.81. The minimum absolute atomic E-state index is 0.0548. The monoisotopic (exact) mass is 276 g/mol. The molecule has 1 unspecified atom stereocenters. The Morgan fingerprint density at radius 1 is 1.16 bits per heavy atom. The van der Waals surface area contributed by atoms with Crippen molar-refractivity contribution in [2.24, 2.45) is 23.2 Å².